The highest BCUT2D eigenvalue weighted by Gasteiger charge is 2.27. The largest absolute Gasteiger partial charge is 0.396 e. The van der Waals surface area contributed by atoms with Gasteiger partial charge in [-0.3, -0.25) is 0 Å². The Morgan fingerprint density at radius 2 is 0.361 bits per heavy atom. The van der Waals surface area contributed by atoms with Crippen molar-refractivity contribution in [1.82, 2.24) is 0 Å². The van der Waals surface area contributed by atoms with Gasteiger partial charge < -0.3 is 66.4 Å². The lowest BCUT2D eigenvalue weighted by atomic mass is 9.88. The van der Waals surface area contributed by atoms with Crippen molar-refractivity contribution in [2.45, 2.75) is 40.0 Å². The van der Waals surface area contributed by atoms with Gasteiger partial charge in [-0.1, -0.05) is 20.8 Å². The van der Waals surface area contributed by atoms with Crippen molar-refractivity contribution in [3.63, 3.8) is 0 Å². The first-order valence-electron chi connectivity index (χ1n) is 11.9. The Morgan fingerprint density at radius 1 is 0.250 bits per heavy atom. The fraction of sp³-hybridized carbons (Fsp3) is 1.00. The minimum Gasteiger partial charge on any atom is -0.396 e. The molecule has 13 N–H and O–H groups in total. The molecule has 0 aromatic heterocycles. The van der Waals surface area contributed by atoms with Crippen LogP contribution in [0, 0.1) is 21.7 Å². The maximum absolute atomic E-state index is 8.66. The predicted octanol–water partition coefficient (Wildman–Crippen LogP) is -3.98. The minimum atomic E-state index is -1.11. The van der Waals surface area contributed by atoms with E-state index in [0.29, 0.717) is 19.3 Å². The molecule has 0 aliphatic heterocycles. The van der Waals surface area contributed by atoms with Gasteiger partial charge in [-0.15, -0.1) is 0 Å². The maximum atomic E-state index is 8.66. The van der Waals surface area contributed by atoms with Crippen LogP contribution in [0.5, 0.6) is 0 Å². The van der Waals surface area contributed by atoms with Gasteiger partial charge in [0.05, 0.1) is 91.3 Å². The van der Waals surface area contributed by atoms with Crippen LogP contribution < -0.4 is 0 Å². The smallest absolute Gasteiger partial charge is 0.0627 e. The Balaban J connectivity index is -0.000000190. The standard InChI is InChI=1S/3C6H14O3.C5H12O4/c3*1-2-6(3-7,4-8)5-9;6-1-5(2-7,3-8)4-9/h3*7-9H,2-5H2,1H3;6-9H,1-4H2. The molecular weight excluding hydrogens is 484 g/mol. The predicted molar refractivity (Wildman–Crippen MR) is 133 cm³/mol. The molecule has 0 aromatic rings. The summed E-state index contributed by atoms with van der Waals surface area (Å²) < 4.78 is 0. The average molecular weight is 539 g/mol. The van der Waals surface area contributed by atoms with Crippen LogP contribution in [-0.4, -0.2) is 152 Å². The molecule has 0 unspecified atom stereocenters. The quantitative estimate of drug-likeness (QED) is 0.0895. The van der Waals surface area contributed by atoms with Gasteiger partial charge in [-0.2, -0.15) is 0 Å². The van der Waals surface area contributed by atoms with Crippen LogP contribution in [0.1, 0.15) is 40.0 Å². The van der Waals surface area contributed by atoms with E-state index in [0.717, 1.165) is 0 Å². The molecule has 0 atom stereocenters. The minimum absolute atomic E-state index is 0.156. The number of hydrogen-bond acceptors (Lipinski definition) is 13. The summed E-state index contributed by atoms with van der Waals surface area (Å²) in [6.07, 6.45) is 1.78. The number of aliphatic hydroxyl groups is 13. The molecule has 0 amide bonds. The molecule has 0 aromatic carbocycles. The van der Waals surface area contributed by atoms with Crippen LogP contribution in [-0.2, 0) is 0 Å². The fourth-order valence-electron chi connectivity index (χ4n) is 1.76. The van der Waals surface area contributed by atoms with Crippen molar-refractivity contribution in [1.29, 1.82) is 0 Å². The SMILES string of the molecule is CCC(CO)(CO)CO.CCC(CO)(CO)CO.CCC(CO)(CO)CO.OCC(CO)(CO)CO. The van der Waals surface area contributed by atoms with Crippen molar-refractivity contribution in [3.8, 4) is 0 Å². The normalized spacial score (nSPS) is 12.0. The molecule has 0 rings (SSSR count). The highest BCUT2D eigenvalue weighted by atomic mass is 16.3. The number of aliphatic hydroxyl groups excluding tert-OH is 13. The van der Waals surface area contributed by atoms with Gasteiger partial charge in [0.2, 0.25) is 0 Å². The molecule has 0 spiro atoms. The van der Waals surface area contributed by atoms with Gasteiger partial charge in [0, 0.05) is 16.2 Å². The Morgan fingerprint density at radius 3 is 0.361 bits per heavy atom. The zero-order valence-electron chi connectivity index (χ0n) is 22.1. The van der Waals surface area contributed by atoms with Gasteiger partial charge in [-0.05, 0) is 19.3 Å². The first-order valence-corrected chi connectivity index (χ1v) is 11.9. The molecule has 224 valence electrons. The topological polar surface area (TPSA) is 263 Å². The molecule has 0 aliphatic carbocycles. The van der Waals surface area contributed by atoms with Gasteiger partial charge in [0.1, 0.15) is 0 Å². The molecule has 13 heteroatoms. The van der Waals surface area contributed by atoms with Crippen molar-refractivity contribution in [2.75, 3.05) is 85.9 Å². The van der Waals surface area contributed by atoms with Crippen LogP contribution in [0.3, 0.4) is 0 Å². The Bertz CT molecular complexity index is 286. The summed E-state index contributed by atoms with van der Waals surface area (Å²) in [5.74, 6) is 0. The van der Waals surface area contributed by atoms with Gasteiger partial charge in [0.15, 0.2) is 0 Å². The molecule has 0 heterocycles. The third-order valence-electron chi connectivity index (χ3n) is 6.61. The van der Waals surface area contributed by atoms with Crippen molar-refractivity contribution < 1.29 is 66.4 Å². The van der Waals surface area contributed by atoms with Crippen molar-refractivity contribution in [3.05, 3.63) is 0 Å². The van der Waals surface area contributed by atoms with E-state index >= 15 is 0 Å². The zero-order chi connectivity index (χ0) is 29.3. The zero-order valence-corrected chi connectivity index (χ0v) is 22.1. The summed E-state index contributed by atoms with van der Waals surface area (Å²) in [4.78, 5) is 0. The highest BCUT2D eigenvalue weighted by molar-refractivity contribution is 4.76. The van der Waals surface area contributed by atoms with Gasteiger partial charge in [-0.25, -0.2) is 0 Å². The molecular formula is C23H54O13. The van der Waals surface area contributed by atoms with E-state index in [9.17, 15) is 0 Å². The highest BCUT2D eigenvalue weighted by Crippen LogP contribution is 2.19. The lowest BCUT2D eigenvalue weighted by molar-refractivity contribution is -0.0328. The lowest BCUT2D eigenvalue weighted by Crippen LogP contribution is -2.37. The summed E-state index contributed by atoms with van der Waals surface area (Å²) in [6, 6.07) is 0. The van der Waals surface area contributed by atoms with E-state index in [2.05, 4.69) is 0 Å². The molecule has 36 heavy (non-hydrogen) atoms. The molecule has 0 radical (unpaired) electrons. The average Bonchev–Trinajstić information content (AvgIpc) is 2.96. The van der Waals surface area contributed by atoms with Crippen LogP contribution in [0.15, 0.2) is 0 Å². The van der Waals surface area contributed by atoms with Crippen LogP contribution >= 0.6 is 0 Å². The number of rotatable bonds is 16. The molecule has 0 fully saturated rings. The first kappa shape index (κ1) is 42.6. The van der Waals surface area contributed by atoms with Crippen molar-refractivity contribution >= 4 is 0 Å². The molecule has 0 saturated heterocycles. The maximum Gasteiger partial charge on any atom is 0.0627 e. The van der Waals surface area contributed by atoms with Gasteiger partial charge >= 0.3 is 0 Å². The van der Waals surface area contributed by atoms with E-state index < -0.39 is 48.1 Å². The molecule has 0 saturated carbocycles. The van der Waals surface area contributed by atoms with Crippen LogP contribution in [0.4, 0.5) is 0 Å². The third-order valence-corrected chi connectivity index (χ3v) is 6.61. The van der Waals surface area contributed by atoms with E-state index in [1.165, 1.54) is 0 Å². The van der Waals surface area contributed by atoms with Crippen molar-refractivity contribution in [2.24, 2.45) is 21.7 Å². The fourth-order valence-corrected chi connectivity index (χ4v) is 1.76. The second-order valence-electron chi connectivity index (χ2n) is 9.12. The van der Waals surface area contributed by atoms with E-state index in [1.807, 2.05) is 20.8 Å². The summed E-state index contributed by atoms with van der Waals surface area (Å²) in [7, 11) is 0. The summed E-state index contributed by atoms with van der Waals surface area (Å²) in [5, 5.41) is 112. The van der Waals surface area contributed by atoms with E-state index in [-0.39, 0.29) is 59.5 Å². The summed E-state index contributed by atoms with van der Waals surface area (Å²) in [5.41, 5.74) is -3.11. The summed E-state index contributed by atoms with van der Waals surface area (Å²) >= 11 is 0. The van der Waals surface area contributed by atoms with E-state index in [1.54, 1.807) is 0 Å². The Hall–Kier alpha value is -0.520. The summed E-state index contributed by atoms with van der Waals surface area (Å²) in [6.45, 7) is 2.43. The first-order chi connectivity index (χ1) is 17.0. The van der Waals surface area contributed by atoms with E-state index in [4.69, 9.17) is 66.4 Å². The molecule has 0 aliphatic rings. The monoisotopic (exact) mass is 538 g/mol. The Kier molecular flexibility index (Phi) is 29.3. The van der Waals surface area contributed by atoms with Gasteiger partial charge in [0.25, 0.3) is 0 Å². The molecule has 0 bridgehead atoms. The van der Waals surface area contributed by atoms with Crippen LogP contribution in [0.25, 0.3) is 0 Å². The number of hydrogen-bond donors (Lipinski definition) is 13. The Labute approximate surface area is 214 Å². The lowest BCUT2D eigenvalue weighted by Gasteiger charge is -2.24. The second kappa shape index (κ2) is 24.8. The third kappa shape index (κ3) is 15.7. The molecule has 13 nitrogen and oxygen atoms in total. The second-order valence-corrected chi connectivity index (χ2v) is 9.12. The van der Waals surface area contributed by atoms with Crippen LogP contribution in [0.2, 0.25) is 0 Å².